The molecule has 5 unspecified atom stereocenters. The summed E-state index contributed by atoms with van der Waals surface area (Å²) in [7, 11) is 0. The van der Waals surface area contributed by atoms with Crippen molar-refractivity contribution < 1.29 is 4.79 Å². The van der Waals surface area contributed by atoms with E-state index in [1.54, 1.807) is 0 Å². The Hall–Kier alpha value is -0.570. The molecule has 2 rings (SSSR count). The summed E-state index contributed by atoms with van der Waals surface area (Å²) in [6.07, 6.45) is 5.87. The zero-order valence-electron chi connectivity index (χ0n) is 13.9. The standard InChI is InChI=1S/C17H32N2O/c1-6-16-18-15(9-11(2)3)17(20)19(16)14-8-7-12(4)13(5)10-14/h11-16,18H,6-10H2,1-5H3. The second-order valence-corrected chi connectivity index (χ2v) is 7.44. The summed E-state index contributed by atoms with van der Waals surface area (Å²) in [5.41, 5.74) is 0. The molecule has 1 heterocycles. The molecule has 20 heavy (non-hydrogen) atoms. The number of carbonyl (C=O) groups excluding carboxylic acids is 1. The molecule has 0 radical (unpaired) electrons. The molecule has 1 saturated carbocycles. The van der Waals surface area contributed by atoms with E-state index in [1.165, 1.54) is 19.3 Å². The predicted molar refractivity (Wildman–Crippen MR) is 83.3 cm³/mol. The van der Waals surface area contributed by atoms with E-state index in [9.17, 15) is 4.79 Å². The van der Waals surface area contributed by atoms with Crippen LogP contribution >= 0.6 is 0 Å². The summed E-state index contributed by atoms with van der Waals surface area (Å²) in [6, 6.07) is 0.512. The van der Waals surface area contributed by atoms with Crippen LogP contribution < -0.4 is 5.32 Å². The topological polar surface area (TPSA) is 32.3 Å². The Balaban J connectivity index is 2.07. The zero-order valence-corrected chi connectivity index (χ0v) is 13.9. The van der Waals surface area contributed by atoms with Crippen LogP contribution in [0.3, 0.4) is 0 Å². The van der Waals surface area contributed by atoms with Crippen molar-refractivity contribution in [1.82, 2.24) is 10.2 Å². The van der Waals surface area contributed by atoms with Crippen LogP contribution in [0.1, 0.15) is 66.7 Å². The normalized spacial score (nSPS) is 38.8. The second kappa shape index (κ2) is 6.46. The molecule has 0 aromatic carbocycles. The van der Waals surface area contributed by atoms with Gasteiger partial charge < -0.3 is 4.90 Å². The molecular weight excluding hydrogens is 248 g/mol. The highest BCUT2D eigenvalue weighted by Gasteiger charge is 2.43. The third kappa shape index (κ3) is 3.19. The average molecular weight is 280 g/mol. The van der Waals surface area contributed by atoms with Gasteiger partial charge in [-0.05, 0) is 49.9 Å². The van der Waals surface area contributed by atoms with Crippen LogP contribution in [0.2, 0.25) is 0 Å². The van der Waals surface area contributed by atoms with E-state index in [0.717, 1.165) is 24.7 Å². The molecule has 3 nitrogen and oxygen atoms in total. The molecule has 0 bridgehead atoms. The maximum atomic E-state index is 12.8. The Kier molecular flexibility index (Phi) is 5.11. The highest BCUT2D eigenvalue weighted by Crippen LogP contribution is 2.35. The molecule has 1 saturated heterocycles. The van der Waals surface area contributed by atoms with Gasteiger partial charge >= 0.3 is 0 Å². The van der Waals surface area contributed by atoms with Gasteiger partial charge in [0.25, 0.3) is 0 Å². The Morgan fingerprint density at radius 2 is 1.95 bits per heavy atom. The van der Waals surface area contributed by atoms with Gasteiger partial charge in [0.15, 0.2) is 0 Å². The smallest absolute Gasteiger partial charge is 0.241 e. The van der Waals surface area contributed by atoms with Gasteiger partial charge in [-0.2, -0.15) is 0 Å². The fourth-order valence-electron chi connectivity index (χ4n) is 3.88. The van der Waals surface area contributed by atoms with Crippen LogP contribution in [0.25, 0.3) is 0 Å². The van der Waals surface area contributed by atoms with Crippen LogP contribution in [0.4, 0.5) is 0 Å². The van der Waals surface area contributed by atoms with Crippen molar-refractivity contribution in [3.05, 3.63) is 0 Å². The van der Waals surface area contributed by atoms with Crippen molar-refractivity contribution in [2.75, 3.05) is 0 Å². The van der Waals surface area contributed by atoms with Gasteiger partial charge in [0, 0.05) is 6.04 Å². The van der Waals surface area contributed by atoms with Crippen molar-refractivity contribution in [3.63, 3.8) is 0 Å². The fourth-order valence-corrected chi connectivity index (χ4v) is 3.88. The first-order valence-corrected chi connectivity index (χ1v) is 8.52. The second-order valence-electron chi connectivity index (χ2n) is 7.44. The van der Waals surface area contributed by atoms with Crippen LogP contribution in [-0.4, -0.2) is 29.1 Å². The highest BCUT2D eigenvalue weighted by molar-refractivity contribution is 5.84. The van der Waals surface area contributed by atoms with Crippen LogP contribution in [-0.2, 0) is 4.79 Å². The summed E-state index contributed by atoms with van der Waals surface area (Å²) < 4.78 is 0. The number of hydrogen-bond acceptors (Lipinski definition) is 2. The summed E-state index contributed by atoms with van der Waals surface area (Å²) >= 11 is 0. The SMILES string of the molecule is CCC1NC(CC(C)C)C(=O)N1C1CCC(C)C(C)C1. The fraction of sp³-hybridized carbons (Fsp3) is 0.941. The molecule has 2 fully saturated rings. The molecule has 0 spiro atoms. The van der Waals surface area contributed by atoms with E-state index in [-0.39, 0.29) is 12.2 Å². The van der Waals surface area contributed by atoms with Crippen molar-refractivity contribution in [2.45, 2.75) is 85.0 Å². The first-order valence-electron chi connectivity index (χ1n) is 8.52. The van der Waals surface area contributed by atoms with Gasteiger partial charge in [0.1, 0.15) is 0 Å². The third-order valence-corrected chi connectivity index (χ3v) is 5.34. The maximum absolute atomic E-state index is 12.8. The van der Waals surface area contributed by atoms with Gasteiger partial charge in [0.05, 0.1) is 12.2 Å². The minimum absolute atomic E-state index is 0.0506. The van der Waals surface area contributed by atoms with E-state index in [2.05, 4.69) is 44.8 Å². The summed E-state index contributed by atoms with van der Waals surface area (Å²) in [6.45, 7) is 11.3. The summed E-state index contributed by atoms with van der Waals surface area (Å²) in [5.74, 6) is 2.48. The monoisotopic (exact) mass is 280 g/mol. The quantitative estimate of drug-likeness (QED) is 0.856. The number of amides is 1. The lowest BCUT2D eigenvalue weighted by molar-refractivity contribution is -0.133. The lowest BCUT2D eigenvalue weighted by Crippen LogP contribution is -2.47. The minimum atomic E-state index is 0.0506. The molecule has 1 aliphatic heterocycles. The molecule has 5 atom stereocenters. The number of hydrogen-bond donors (Lipinski definition) is 1. The molecule has 0 aromatic heterocycles. The van der Waals surface area contributed by atoms with E-state index >= 15 is 0 Å². The van der Waals surface area contributed by atoms with Gasteiger partial charge in [0.2, 0.25) is 5.91 Å². The van der Waals surface area contributed by atoms with E-state index in [0.29, 0.717) is 17.9 Å². The van der Waals surface area contributed by atoms with E-state index in [1.807, 2.05) is 0 Å². The molecule has 1 N–H and O–H groups in total. The largest absolute Gasteiger partial charge is 0.323 e. The average Bonchev–Trinajstić information content (AvgIpc) is 2.69. The van der Waals surface area contributed by atoms with Gasteiger partial charge in [-0.15, -0.1) is 0 Å². The van der Waals surface area contributed by atoms with Gasteiger partial charge in [-0.25, -0.2) is 0 Å². The number of carbonyl (C=O) groups is 1. The van der Waals surface area contributed by atoms with Crippen molar-refractivity contribution in [2.24, 2.45) is 17.8 Å². The Bertz CT molecular complexity index is 342. The van der Waals surface area contributed by atoms with E-state index < -0.39 is 0 Å². The zero-order chi connectivity index (χ0) is 14.9. The van der Waals surface area contributed by atoms with Crippen molar-refractivity contribution >= 4 is 5.91 Å². The van der Waals surface area contributed by atoms with Gasteiger partial charge in [-0.1, -0.05) is 34.6 Å². The Labute approximate surface area is 124 Å². The van der Waals surface area contributed by atoms with Crippen molar-refractivity contribution in [3.8, 4) is 0 Å². The molecule has 3 heteroatoms. The Morgan fingerprint density at radius 3 is 2.50 bits per heavy atom. The molecule has 2 aliphatic rings. The summed E-state index contributed by atoms with van der Waals surface area (Å²) in [5, 5.41) is 3.57. The van der Waals surface area contributed by atoms with Crippen LogP contribution in [0, 0.1) is 17.8 Å². The highest BCUT2D eigenvalue weighted by atomic mass is 16.2. The molecule has 116 valence electrons. The first kappa shape index (κ1) is 15.8. The molecule has 1 amide bonds. The third-order valence-electron chi connectivity index (χ3n) is 5.34. The van der Waals surface area contributed by atoms with Gasteiger partial charge in [-0.3, -0.25) is 10.1 Å². The number of nitrogens with zero attached hydrogens (tertiary/aromatic N) is 1. The molecule has 1 aliphatic carbocycles. The first-order chi connectivity index (χ1) is 9.43. The lowest BCUT2D eigenvalue weighted by atomic mass is 9.78. The Morgan fingerprint density at radius 1 is 1.25 bits per heavy atom. The predicted octanol–water partition coefficient (Wildman–Crippen LogP) is 3.39. The molecular formula is C17H32N2O. The lowest BCUT2D eigenvalue weighted by Gasteiger charge is -2.39. The maximum Gasteiger partial charge on any atom is 0.241 e. The van der Waals surface area contributed by atoms with Crippen LogP contribution in [0.5, 0.6) is 0 Å². The molecule has 0 aromatic rings. The number of rotatable bonds is 4. The summed E-state index contributed by atoms with van der Waals surface area (Å²) in [4.78, 5) is 15.0. The number of nitrogens with one attached hydrogen (secondary N) is 1. The van der Waals surface area contributed by atoms with Crippen molar-refractivity contribution in [1.29, 1.82) is 0 Å². The van der Waals surface area contributed by atoms with Crippen LogP contribution in [0.15, 0.2) is 0 Å². The minimum Gasteiger partial charge on any atom is -0.323 e. The van der Waals surface area contributed by atoms with E-state index in [4.69, 9.17) is 0 Å².